The highest BCUT2D eigenvalue weighted by atomic mass is 127. The van der Waals surface area contributed by atoms with Crippen LogP contribution in [0.4, 0.5) is 0 Å². The zero-order valence-electron chi connectivity index (χ0n) is 17.0. The molecule has 0 spiro atoms. The minimum atomic E-state index is 0. The number of halogens is 1. The van der Waals surface area contributed by atoms with Gasteiger partial charge in [-0.25, -0.2) is 0 Å². The van der Waals surface area contributed by atoms with E-state index in [-0.39, 0.29) is 29.9 Å². The lowest BCUT2D eigenvalue weighted by Crippen LogP contribution is -2.42. The molecule has 2 N–H and O–H groups in total. The van der Waals surface area contributed by atoms with Gasteiger partial charge in [-0.2, -0.15) is 0 Å². The molecule has 1 heterocycles. The number of aliphatic imine (C=N–C) groups is 1. The van der Waals surface area contributed by atoms with Crippen LogP contribution in [0.3, 0.4) is 0 Å². The van der Waals surface area contributed by atoms with Crippen molar-refractivity contribution in [1.29, 1.82) is 0 Å². The molecule has 0 aliphatic carbocycles. The molecule has 2 rings (SSSR count). The summed E-state index contributed by atoms with van der Waals surface area (Å²) < 4.78 is 0. The topological polar surface area (TPSA) is 60.0 Å². The van der Waals surface area contributed by atoms with Gasteiger partial charge >= 0.3 is 0 Å². The lowest BCUT2D eigenvalue weighted by atomic mass is 9.97. The number of piperidine rings is 1. The van der Waals surface area contributed by atoms with Crippen molar-refractivity contribution in [2.24, 2.45) is 10.9 Å². The lowest BCUT2D eigenvalue weighted by Gasteiger charge is -2.29. The number of carbonyl (C=O) groups is 1. The number of hydrogen-bond acceptors (Lipinski definition) is 3. The maximum Gasteiger partial charge on any atom is 0.253 e. The molecule has 1 aromatic carbocycles. The van der Waals surface area contributed by atoms with E-state index < -0.39 is 0 Å². The molecule has 0 atom stereocenters. The van der Waals surface area contributed by atoms with Crippen LogP contribution in [0.1, 0.15) is 28.8 Å². The predicted octanol–water partition coefficient (Wildman–Crippen LogP) is 2.06. The van der Waals surface area contributed by atoms with E-state index in [4.69, 9.17) is 0 Å². The van der Waals surface area contributed by atoms with Gasteiger partial charge in [-0.05, 0) is 63.0 Å². The first kappa shape index (κ1) is 23.7. The smallest absolute Gasteiger partial charge is 0.253 e. The fraction of sp³-hybridized carbons (Fsp3) is 0.600. The van der Waals surface area contributed by atoms with Crippen molar-refractivity contribution in [3.05, 3.63) is 35.4 Å². The molecule has 0 radical (unpaired) electrons. The standard InChI is InChI=1S/C20H33N5O.HI/c1-21-20(23-15-17-9-12-25(4)13-10-17)22-11-8-16-6-5-7-18(14-16)19(26)24(2)3;/h5-7,14,17H,8-13,15H2,1-4H3,(H2,21,22,23);1H. The van der Waals surface area contributed by atoms with Crippen LogP contribution in [-0.2, 0) is 6.42 Å². The van der Waals surface area contributed by atoms with Gasteiger partial charge in [-0.3, -0.25) is 9.79 Å². The summed E-state index contributed by atoms with van der Waals surface area (Å²) in [7, 11) is 7.54. The molecule has 1 aliphatic rings. The Hall–Kier alpha value is -1.35. The van der Waals surface area contributed by atoms with Crippen molar-refractivity contribution < 1.29 is 4.79 Å². The highest BCUT2D eigenvalue weighted by Gasteiger charge is 2.16. The van der Waals surface area contributed by atoms with Crippen LogP contribution < -0.4 is 10.6 Å². The molecule has 152 valence electrons. The summed E-state index contributed by atoms with van der Waals surface area (Å²) in [6.07, 6.45) is 3.34. The molecular weight excluding hydrogens is 453 g/mol. The minimum Gasteiger partial charge on any atom is -0.356 e. The Kier molecular flexibility index (Phi) is 10.7. The van der Waals surface area contributed by atoms with Crippen molar-refractivity contribution in [3.8, 4) is 0 Å². The Balaban J connectivity index is 0.00000364. The molecule has 1 aliphatic heterocycles. The quantitative estimate of drug-likeness (QED) is 0.367. The van der Waals surface area contributed by atoms with E-state index in [2.05, 4.69) is 33.6 Å². The number of nitrogens with zero attached hydrogens (tertiary/aromatic N) is 3. The van der Waals surface area contributed by atoms with Gasteiger partial charge < -0.3 is 20.4 Å². The van der Waals surface area contributed by atoms with E-state index in [9.17, 15) is 4.79 Å². The van der Waals surface area contributed by atoms with Gasteiger partial charge in [0.1, 0.15) is 0 Å². The lowest BCUT2D eigenvalue weighted by molar-refractivity contribution is 0.0827. The van der Waals surface area contributed by atoms with Crippen LogP contribution in [-0.4, -0.2) is 76.0 Å². The number of likely N-dealkylation sites (tertiary alicyclic amines) is 1. The van der Waals surface area contributed by atoms with E-state index >= 15 is 0 Å². The monoisotopic (exact) mass is 487 g/mol. The third-order valence-corrected chi connectivity index (χ3v) is 4.91. The molecule has 0 bridgehead atoms. The van der Waals surface area contributed by atoms with Crippen molar-refractivity contribution in [2.45, 2.75) is 19.3 Å². The average Bonchev–Trinajstić information content (AvgIpc) is 2.65. The molecule has 1 fully saturated rings. The molecule has 0 unspecified atom stereocenters. The van der Waals surface area contributed by atoms with Crippen LogP contribution in [0, 0.1) is 5.92 Å². The molecule has 6 nitrogen and oxygen atoms in total. The van der Waals surface area contributed by atoms with E-state index in [1.54, 1.807) is 26.0 Å². The summed E-state index contributed by atoms with van der Waals surface area (Å²) >= 11 is 0. The van der Waals surface area contributed by atoms with Crippen LogP contribution in [0.2, 0.25) is 0 Å². The number of amides is 1. The Morgan fingerprint density at radius 1 is 1.26 bits per heavy atom. The minimum absolute atomic E-state index is 0. The second-order valence-corrected chi connectivity index (χ2v) is 7.28. The first-order valence-electron chi connectivity index (χ1n) is 9.43. The van der Waals surface area contributed by atoms with Crippen molar-refractivity contribution >= 4 is 35.8 Å². The molecule has 1 amide bonds. The number of carbonyl (C=O) groups excluding carboxylic acids is 1. The zero-order valence-corrected chi connectivity index (χ0v) is 19.3. The fourth-order valence-corrected chi connectivity index (χ4v) is 3.17. The first-order valence-corrected chi connectivity index (χ1v) is 9.43. The summed E-state index contributed by atoms with van der Waals surface area (Å²) in [6, 6.07) is 7.84. The second kappa shape index (κ2) is 12.2. The van der Waals surface area contributed by atoms with E-state index in [1.165, 1.54) is 25.9 Å². The van der Waals surface area contributed by atoms with Gasteiger partial charge in [0.2, 0.25) is 0 Å². The van der Waals surface area contributed by atoms with Gasteiger partial charge in [0.25, 0.3) is 5.91 Å². The van der Waals surface area contributed by atoms with Gasteiger partial charge in [-0.1, -0.05) is 12.1 Å². The Labute approximate surface area is 180 Å². The highest BCUT2D eigenvalue weighted by Crippen LogP contribution is 2.14. The summed E-state index contributed by atoms with van der Waals surface area (Å²) in [4.78, 5) is 20.4. The maximum absolute atomic E-state index is 12.1. The third-order valence-electron chi connectivity index (χ3n) is 4.91. The number of guanidine groups is 1. The van der Waals surface area contributed by atoms with E-state index in [0.717, 1.165) is 42.5 Å². The highest BCUT2D eigenvalue weighted by molar-refractivity contribution is 14.0. The maximum atomic E-state index is 12.1. The Morgan fingerprint density at radius 3 is 2.59 bits per heavy atom. The zero-order chi connectivity index (χ0) is 18.9. The van der Waals surface area contributed by atoms with Gasteiger partial charge in [0, 0.05) is 39.8 Å². The fourth-order valence-electron chi connectivity index (χ4n) is 3.17. The number of benzene rings is 1. The van der Waals surface area contributed by atoms with Crippen LogP contribution in [0.25, 0.3) is 0 Å². The molecule has 1 saturated heterocycles. The van der Waals surface area contributed by atoms with Gasteiger partial charge in [0.15, 0.2) is 5.96 Å². The van der Waals surface area contributed by atoms with E-state index in [1.807, 2.05) is 18.2 Å². The third kappa shape index (κ3) is 8.04. The summed E-state index contributed by atoms with van der Waals surface area (Å²) in [5.41, 5.74) is 1.88. The molecule has 1 aromatic rings. The number of rotatable bonds is 6. The van der Waals surface area contributed by atoms with Crippen molar-refractivity contribution in [2.75, 3.05) is 54.4 Å². The average molecular weight is 487 g/mol. The summed E-state index contributed by atoms with van der Waals surface area (Å²) in [6.45, 7) is 4.12. The SMILES string of the molecule is CN=C(NCCc1cccc(C(=O)N(C)C)c1)NCC1CCN(C)CC1.I. The molecule has 27 heavy (non-hydrogen) atoms. The number of hydrogen-bond donors (Lipinski definition) is 2. The Morgan fingerprint density at radius 2 is 1.96 bits per heavy atom. The summed E-state index contributed by atoms with van der Waals surface area (Å²) in [5, 5.41) is 6.82. The van der Waals surface area contributed by atoms with Gasteiger partial charge in [0.05, 0.1) is 0 Å². The molecular formula is C20H34IN5O. The normalized spacial score (nSPS) is 15.8. The van der Waals surface area contributed by atoms with Crippen LogP contribution in [0.5, 0.6) is 0 Å². The predicted molar refractivity (Wildman–Crippen MR) is 123 cm³/mol. The summed E-state index contributed by atoms with van der Waals surface area (Å²) in [5.74, 6) is 1.61. The molecule has 0 saturated carbocycles. The van der Waals surface area contributed by atoms with Crippen molar-refractivity contribution in [1.82, 2.24) is 20.4 Å². The molecule has 0 aromatic heterocycles. The largest absolute Gasteiger partial charge is 0.356 e. The van der Waals surface area contributed by atoms with Crippen LogP contribution >= 0.6 is 24.0 Å². The first-order chi connectivity index (χ1) is 12.5. The van der Waals surface area contributed by atoms with Crippen molar-refractivity contribution in [3.63, 3.8) is 0 Å². The van der Waals surface area contributed by atoms with Crippen LogP contribution in [0.15, 0.2) is 29.3 Å². The Bertz CT molecular complexity index is 612. The second-order valence-electron chi connectivity index (χ2n) is 7.28. The van der Waals surface area contributed by atoms with Gasteiger partial charge in [-0.15, -0.1) is 24.0 Å². The molecule has 7 heteroatoms. The number of nitrogens with one attached hydrogen (secondary N) is 2. The van der Waals surface area contributed by atoms with E-state index in [0.29, 0.717) is 0 Å².